The van der Waals surface area contributed by atoms with E-state index >= 15 is 0 Å². The monoisotopic (exact) mass is 122 g/mol. The van der Waals surface area contributed by atoms with Gasteiger partial charge in [0.2, 0.25) is 0 Å². The average Bonchev–Trinajstić information content (AvgIpc) is 2.15. The molecule has 0 aromatic heterocycles. The van der Waals surface area contributed by atoms with Crippen LogP contribution in [-0.4, -0.2) is 18.6 Å². The number of ether oxygens (including phenoxy) is 1. The van der Waals surface area contributed by atoms with Gasteiger partial charge in [0.25, 0.3) is 5.92 Å². The molecule has 0 spiro atoms. The molecule has 1 unspecified atom stereocenters. The Hall–Kier alpha value is -0.180. The Kier molecular flexibility index (Phi) is 1.23. The van der Waals surface area contributed by atoms with E-state index in [4.69, 9.17) is 0 Å². The van der Waals surface area contributed by atoms with E-state index in [1.54, 1.807) is 6.92 Å². The molecule has 0 aliphatic heterocycles. The predicted molar refractivity (Wildman–Crippen MR) is 25.0 cm³/mol. The Morgan fingerprint density at radius 2 is 2.25 bits per heavy atom. The first-order valence-corrected chi connectivity index (χ1v) is 2.66. The molecule has 1 aliphatic rings. The van der Waals surface area contributed by atoms with Gasteiger partial charge in [0, 0.05) is 13.0 Å². The fourth-order valence-electron chi connectivity index (χ4n) is 0.570. The van der Waals surface area contributed by atoms with Crippen LogP contribution in [0.15, 0.2) is 0 Å². The van der Waals surface area contributed by atoms with E-state index in [1.165, 1.54) is 0 Å². The molecule has 8 heavy (non-hydrogen) atoms. The summed E-state index contributed by atoms with van der Waals surface area (Å²) in [4.78, 5) is 0. The van der Waals surface area contributed by atoms with Crippen LogP contribution in [0.25, 0.3) is 0 Å². The summed E-state index contributed by atoms with van der Waals surface area (Å²) < 4.78 is 28.3. The third-order valence-electron chi connectivity index (χ3n) is 1.14. The van der Waals surface area contributed by atoms with Gasteiger partial charge in [-0.1, -0.05) is 0 Å². The lowest BCUT2D eigenvalue weighted by Gasteiger charge is -1.94. The zero-order valence-corrected chi connectivity index (χ0v) is 4.66. The highest BCUT2D eigenvalue weighted by atomic mass is 19.3. The summed E-state index contributed by atoms with van der Waals surface area (Å²) in [6.45, 7) is 2.11. The van der Waals surface area contributed by atoms with Gasteiger partial charge in [0.15, 0.2) is 0 Å². The van der Waals surface area contributed by atoms with Gasteiger partial charge in [-0.25, -0.2) is 8.78 Å². The summed E-state index contributed by atoms with van der Waals surface area (Å²) in [6, 6.07) is 0. The SMILES string of the molecule is CCOC1CC1(F)F. The summed E-state index contributed by atoms with van der Waals surface area (Å²) >= 11 is 0. The highest BCUT2D eigenvalue weighted by Crippen LogP contribution is 2.43. The lowest BCUT2D eigenvalue weighted by Crippen LogP contribution is -2.02. The normalized spacial score (nSPS) is 32.6. The van der Waals surface area contributed by atoms with Crippen molar-refractivity contribution in [3.05, 3.63) is 0 Å². The number of hydrogen-bond acceptors (Lipinski definition) is 1. The molecule has 0 bridgehead atoms. The smallest absolute Gasteiger partial charge is 0.276 e. The molecular formula is C5H8F2O. The fraction of sp³-hybridized carbons (Fsp3) is 1.00. The zero-order chi connectivity index (χ0) is 6.20. The minimum absolute atomic E-state index is 0.0825. The number of hydrogen-bond donors (Lipinski definition) is 0. The molecule has 1 atom stereocenters. The van der Waals surface area contributed by atoms with E-state index in [0.29, 0.717) is 6.61 Å². The molecule has 0 aromatic rings. The van der Waals surface area contributed by atoms with Gasteiger partial charge in [-0.2, -0.15) is 0 Å². The van der Waals surface area contributed by atoms with Gasteiger partial charge in [-0.15, -0.1) is 0 Å². The van der Waals surface area contributed by atoms with Crippen molar-refractivity contribution in [2.24, 2.45) is 0 Å². The molecule has 0 radical (unpaired) electrons. The van der Waals surface area contributed by atoms with E-state index in [9.17, 15) is 8.78 Å². The number of halogens is 2. The predicted octanol–water partition coefficient (Wildman–Crippen LogP) is 1.43. The summed E-state index contributed by atoms with van der Waals surface area (Å²) in [6.07, 6.45) is -0.853. The van der Waals surface area contributed by atoms with Crippen molar-refractivity contribution in [1.82, 2.24) is 0 Å². The molecular weight excluding hydrogens is 114 g/mol. The van der Waals surface area contributed by atoms with E-state index in [1.807, 2.05) is 0 Å². The summed E-state index contributed by atoms with van der Waals surface area (Å²) in [7, 11) is 0. The van der Waals surface area contributed by atoms with Crippen LogP contribution in [0.4, 0.5) is 8.78 Å². The van der Waals surface area contributed by atoms with Crippen molar-refractivity contribution in [3.8, 4) is 0 Å². The largest absolute Gasteiger partial charge is 0.372 e. The average molecular weight is 122 g/mol. The Balaban J connectivity index is 2.17. The lowest BCUT2D eigenvalue weighted by molar-refractivity contribution is 0.0180. The van der Waals surface area contributed by atoms with Gasteiger partial charge in [-0.3, -0.25) is 0 Å². The molecule has 0 heterocycles. The topological polar surface area (TPSA) is 9.23 Å². The number of rotatable bonds is 2. The van der Waals surface area contributed by atoms with Crippen LogP contribution in [0.5, 0.6) is 0 Å². The maximum atomic E-state index is 11.9. The van der Waals surface area contributed by atoms with Crippen molar-refractivity contribution in [1.29, 1.82) is 0 Å². The Labute approximate surface area is 46.6 Å². The van der Waals surface area contributed by atoms with Crippen molar-refractivity contribution in [3.63, 3.8) is 0 Å². The minimum Gasteiger partial charge on any atom is -0.372 e. The molecule has 1 nitrogen and oxygen atoms in total. The van der Waals surface area contributed by atoms with Crippen molar-refractivity contribution < 1.29 is 13.5 Å². The van der Waals surface area contributed by atoms with E-state index in [0.717, 1.165) is 0 Å². The molecule has 1 fully saturated rings. The van der Waals surface area contributed by atoms with Gasteiger partial charge >= 0.3 is 0 Å². The molecule has 0 amide bonds. The highest BCUT2D eigenvalue weighted by Gasteiger charge is 2.58. The second kappa shape index (κ2) is 1.65. The lowest BCUT2D eigenvalue weighted by atomic mass is 10.7. The first kappa shape index (κ1) is 5.95. The standard InChI is InChI=1S/C5H8F2O/c1-2-8-4-3-5(4,6)7/h4H,2-3H2,1H3. The van der Waals surface area contributed by atoms with E-state index in [-0.39, 0.29) is 6.42 Å². The Morgan fingerprint density at radius 1 is 1.75 bits per heavy atom. The van der Waals surface area contributed by atoms with Crippen LogP contribution in [-0.2, 0) is 4.74 Å². The van der Waals surface area contributed by atoms with Crippen molar-refractivity contribution in [2.45, 2.75) is 25.4 Å². The molecule has 48 valence electrons. The first-order chi connectivity index (χ1) is 3.67. The molecule has 3 heteroatoms. The molecule has 1 rings (SSSR count). The Bertz CT molecular complexity index is 92.4. The van der Waals surface area contributed by atoms with Crippen LogP contribution in [0.1, 0.15) is 13.3 Å². The molecule has 1 saturated carbocycles. The first-order valence-electron chi connectivity index (χ1n) is 2.66. The van der Waals surface area contributed by atoms with Gasteiger partial charge in [0.1, 0.15) is 6.10 Å². The van der Waals surface area contributed by atoms with Crippen molar-refractivity contribution in [2.75, 3.05) is 6.61 Å². The van der Waals surface area contributed by atoms with Crippen LogP contribution < -0.4 is 0 Å². The van der Waals surface area contributed by atoms with Crippen LogP contribution >= 0.6 is 0 Å². The second-order valence-electron chi connectivity index (χ2n) is 1.91. The minimum atomic E-state index is -2.50. The van der Waals surface area contributed by atoms with Crippen molar-refractivity contribution >= 4 is 0 Å². The quantitative estimate of drug-likeness (QED) is 0.538. The maximum Gasteiger partial charge on any atom is 0.276 e. The summed E-state index contributed by atoms with van der Waals surface area (Å²) in [5, 5.41) is 0. The zero-order valence-electron chi connectivity index (χ0n) is 4.66. The molecule has 0 N–H and O–H groups in total. The Morgan fingerprint density at radius 3 is 2.38 bits per heavy atom. The second-order valence-corrected chi connectivity index (χ2v) is 1.91. The van der Waals surface area contributed by atoms with Crippen LogP contribution in [0.3, 0.4) is 0 Å². The van der Waals surface area contributed by atoms with Crippen LogP contribution in [0, 0.1) is 0 Å². The van der Waals surface area contributed by atoms with Gasteiger partial charge in [-0.05, 0) is 6.92 Å². The summed E-state index contributed by atoms with van der Waals surface area (Å²) in [5.41, 5.74) is 0. The van der Waals surface area contributed by atoms with Crippen LogP contribution in [0.2, 0.25) is 0 Å². The third-order valence-corrected chi connectivity index (χ3v) is 1.14. The molecule has 0 aromatic carbocycles. The van der Waals surface area contributed by atoms with Gasteiger partial charge in [0.05, 0.1) is 0 Å². The number of alkyl halides is 2. The van der Waals surface area contributed by atoms with Gasteiger partial charge < -0.3 is 4.74 Å². The van der Waals surface area contributed by atoms with E-state index in [2.05, 4.69) is 4.74 Å². The molecule has 1 aliphatic carbocycles. The fourth-order valence-corrected chi connectivity index (χ4v) is 0.570. The molecule has 0 saturated heterocycles. The third kappa shape index (κ3) is 0.968. The van der Waals surface area contributed by atoms with E-state index < -0.39 is 12.0 Å². The highest BCUT2D eigenvalue weighted by molar-refractivity contribution is 4.96. The summed E-state index contributed by atoms with van der Waals surface area (Å²) in [5.74, 6) is -2.50. The maximum absolute atomic E-state index is 11.9.